The van der Waals surface area contributed by atoms with Crippen molar-refractivity contribution in [1.82, 2.24) is 14.9 Å². The summed E-state index contributed by atoms with van der Waals surface area (Å²) in [6.07, 6.45) is 8.93. The third kappa shape index (κ3) is 4.01. The summed E-state index contributed by atoms with van der Waals surface area (Å²) in [7, 11) is 0. The molecule has 2 fully saturated rings. The standard InChI is InChI=1S/C21H25N3O3/c1-15-5-17(10-22-8-15)12-26-19-3-4-27-21(7-19)13-24(14-21)20(25)18-6-16(2)9-23-11-18/h5-6,8-11,19H,3-4,7,12-14H2,1-2H3/t19-/m0/s1. The molecule has 142 valence electrons. The van der Waals surface area contributed by atoms with Gasteiger partial charge in [-0.3, -0.25) is 14.8 Å². The van der Waals surface area contributed by atoms with E-state index in [1.54, 1.807) is 12.4 Å². The first-order valence-electron chi connectivity index (χ1n) is 9.40. The number of carbonyl (C=O) groups excluding carboxylic acids is 1. The summed E-state index contributed by atoms with van der Waals surface area (Å²) in [5.41, 5.74) is 3.59. The largest absolute Gasteiger partial charge is 0.373 e. The van der Waals surface area contributed by atoms with E-state index < -0.39 is 0 Å². The average Bonchev–Trinajstić information content (AvgIpc) is 2.64. The molecular weight excluding hydrogens is 342 g/mol. The Balaban J connectivity index is 1.32. The van der Waals surface area contributed by atoms with Crippen LogP contribution in [0.5, 0.6) is 0 Å². The van der Waals surface area contributed by atoms with Crippen LogP contribution in [-0.4, -0.2) is 52.2 Å². The van der Waals surface area contributed by atoms with Crippen molar-refractivity contribution in [1.29, 1.82) is 0 Å². The van der Waals surface area contributed by atoms with Crippen molar-refractivity contribution in [3.05, 3.63) is 59.2 Å². The van der Waals surface area contributed by atoms with E-state index >= 15 is 0 Å². The summed E-state index contributed by atoms with van der Waals surface area (Å²) < 4.78 is 12.2. The molecule has 4 rings (SSSR count). The number of hydrogen-bond acceptors (Lipinski definition) is 5. The molecule has 27 heavy (non-hydrogen) atoms. The predicted molar refractivity (Wildman–Crippen MR) is 100 cm³/mol. The van der Waals surface area contributed by atoms with E-state index in [0.29, 0.717) is 31.9 Å². The number of pyridine rings is 2. The number of amides is 1. The van der Waals surface area contributed by atoms with Crippen molar-refractivity contribution in [3.8, 4) is 0 Å². The van der Waals surface area contributed by atoms with E-state index in [9.17, 15) is 4.79 Å². The fourth-order valence-electron chi connectivity index (χ4n) is 3.90. The van der Waals surface area contributed by atoms with Crippen LogP contribution in [0.1, 0.15) is 39.9 Å². The van der Waals surface area contributed by atoms with Gasteiger partial charge in [-0.05, 0) is 43.0 Å². The van der Waals surface area contributed by atoms with Crippen molar-refractivity contribution in [2.75, 3.05) is 19.7 Å². The highest BCUT2D eigenvalue weighted by atomic mass is 16.5. The zero-order valence-electron chi connectivity index (χ0n) is 15.9. The summed E-state index contributed by atoms with van der Waals surface area (Å²) in [5, 5.41) is 0. The van der Waals surface area contributed by atoms with Crippen molar-refractivity contribution < 1.29 is 14.3 Å². The molecule has 1 amide bonds. The number of likely N-dealkylation sites (tertiary alicyclic amines) is 1. The van der Waals surface area contributed by atoms with Gasteiger partial charge < -0.3 is 14.4 Å². The molecule has 0 radical (unpaired) electrons. The van der Waals surface area contributed by atoms with E-state index in [1.807, 2.05) is 37.2 Å². The van der Waals surface area contributed by atoms with E-state index in [1.165, 1.54) is 0 Å². The van der Waals surface area contributed by atoms with Crippen LogP contribution < -0.4 is 0 Å². The van der Waals surface area contributed by atoms with Gasteiger partial charge in [-0.15, -0.1) is 0 Å². The second-order valence-electron chi connectivity index (χ2n) is 7.74. The van der Waals surface area contributed by atoms with Crippen LogP contribution in [-0.2, 0) is 16.1 Å². The summed E-state index contributed by atoms with van der Waals surface area (Å²) in [4.78, 5) is 22.8. The minimum absolute atomic E-state index is 0.0225. The predicted octanol–water partition coefficient (Wildman–Crippen LogP) is 2.68. The lowest BCUT2D eigenvalue weighted by Gasteiger charge is -2.53. The number of aromatic nitrogens is 2. The van der Waals surface area contributed by atoms with Gasteiger partial charge in [-0.25, -0.2) is 0 Å². The number of rotatable bonds is 4. The number of aryl methyl sites for hydroxylation is 2. The van der Waals surface area contributed by atoms with E-state index in [0.717, 1.165) is 29.5 Å². The first-order valence-corrected chi connectivity index (χ1v) is 9.40. The first kappa shape index (κ1) is 18.1. The van der Waals surface area contributed by atoms with Gasteiger partial charge in [-0.1, -0.05) is 6.07 Å². The SMILES string of the molecule is Cc1cncc(CO[C@H]2CCOC3(C2)CN(C(=O)c2cncc(C)c2)C3)c1. The van der Waals surface area contributed by atoms with Crippen molar-refractivity contribution >= 4 is 5.91 Å². The van der Waals surface area contributed by atoms with Gasteiger partial charge in [0.05, 0.1) is 31.4 Å². The maximum absolute atomic E-state index is 12.6. The van der Waals surface area contributed by atoms with Crippen molar-refractivity contribution in [2.24, 2.45) is 0 Å². The fraction of sp³-hybridized carbons (Fsp3) is 0.476. The van der Waals surface area contributed by atoms with E-state index in [-0.39, 0.29) is 17.6 Å². The normalized spacial score (nSPS) is 21.1. The number of ether oxygens (including phenoxy) is 2. The Labute approximate surface area is 159 Å². The Morgan fingerprint density at radius 1 is 1.19 bits per heavy atom. The monoisotopic (exact) mass is 367 g/mol. The van der Waals surface area contributed by atoms with E-state index in [2.05, 4.69) is 16.0 Å². The van der Waals surface area contributed by atoms with Crippen LogP contribution in [0.3, 0.4) is 0 Å². The number of hydrogen-bond donors (Lipinski definition) is 0. The van der Waals surface area contributed by atoms with Crippen LogP contribution in [0.15, 0.2) is 36.9 Å². The topological polar surface area (TPSA) is 64.6 Å². The van der Waals surface area contributed by atoms with E-state index in [4.69, 9.17) is 9.47 Å². The molecule has 2 aromatic heterocycles. The minimum Gasteiger partial charge on any atom is -0.373 e. The quantitative estimate of drug-likeness (QED) is 0.831. The molecule has 2 aliphatic rings. The zero-order chi connectivity index (χ0) is 18.9. The van der Waals surface area contributed by atoms with Gasteiger partial charge in [0.2, 0.25) is 0 Å². The molecule has 0 aliphatic carbocycles. The van der Waals surface area contributed by atoms with Crippen LogP contribution in [0.4, 0.5) is 0 Å². The minimum atomic E-state index is -0.263. The third-order valence-electron chi connectivity index (χ3n) is 5.23. The maximum Gasteiger partial charge on any atom is 0.255 e. The molecule has 0 aromatic carbocycles. The average molecular weight is 367 g/mol. The second-order valence-corrected chi connectivity index (χ2v) is 7.74. The summed E-state index contributed by atoms with van der Waals surface area (Å²) in [6, 6.07) is 3.98. The van der Waals surface area contributed by atoms with Gasteiger partial charge in [0, 0.05) is 37.8 Å². The maximum atomic E-state index is 12.6. The molecule has 1 spiro atoms. The van der Waals surface area contributed by atoms with Gasteiger partial charge >= 0.3 is 0 Å². The molecule has 0 bridgehead atoms. The van der Waals surface area contributed by atoms with Crippen molar-refractivity contribution in [3.63, 3.8) is 0 Å². The summed E-state index contributed by atoms with van der Waals surface area (Å²) in [6.45, 7) is 6.44. The molecule has 0 unspecified atom stereocenters. The molecular formula is C21H25N3O3. The summed E-state index contributed by atoms with van der Waals surface area (Å²) >= 11 is 0. The Bertz CT molecular complexity index is 833. The first-order chi connectivity index (χ1) is 13.0. The van der Waals surface area contributed by atoms with Gasteiger partial charge in [0.25, 0.3) is 5.91 Å². The number of carbonyl (C=O) groups is 1. The smallest absolute Gasteiger partial charge is 0.255 e. The Morgan fingerprint density at radius 2 is 1.93 bits per heavy atom. The molecule has 6 nitrogen and oxygen atoms in total. The lowest BCUT2D eigenvalue weighted by molar-refractivity contribution is -0.188. The molecule has 6 heteroatoms. The Morgan fingerprint density at radius 3 is 2.67 bits per heavy atom. The highest BCUT2D eigenvalue weighted by Crippen LogP contribution is 2.36. The fourth-order valence-corrected chi connectivity index (χ4v) is 3.90. The molecule has 2 saturated heterocycles. The van der Waals surface area contributed by atoms with Crippen LogP contribution in [0.2, 0.25) is 0 Å². The third-order valence-corrected chi connectivity index (χ3v) is 5.23. The lowest BCUT2D eigenvalue weighted by Crippen LogP contribution is -2.67. The second kappa shape index (κ2) is 7.37. The molecule has 2 aliphatic heterocycles. The van der Waals surface area contributed by atoms with Gasteiger partial charge in [0.15, 0.2) is 0 Å². The molecule has 0 N–H and O–H groups in total. The van der Waals surface area contributed by atoms with Crippen LogP contribution >= 0.6 is 0 Å². The number of nitrogens with zero attached hydrogens (tertiary/aromatic N) is 3. The Kier molecular flexibility index (Phi) is 4.93. The van der Waals surface area contributed by atoms with Gasteiger partial charge in [-0.2, -0.15) is 0 Å². The highest BCUT2D eigenvalue weighted by molar-refractivity contribution is 5.94. The molecule has 4 heterocycles. The molecule has 1 atom stereocenters. The Hall–Kier alpha value is -2.31. The van der Waals surface area contributed by atoms with Crippen molar-refractivity contribution in [2.45, 2.75) is 45.0 Å². The van der Waals surface area contributed by atoms with Gasteiger partial charge in [0.1, 0.15) is 5.60 Å². The molecule has 0 saturated carbocycles. The van der Waals surface area contributed by atoms with Crippen LogP contribution in [0, 0.1) is 13.8 Å². The lowest BCUT2D eigenvalue weighted by atomic mass is 9.84. The zero-order valence-corrected chi connectivity index (χ0v) is 15.9. The summed E-state index contributed by atoms with van der Waals surface area (Å²) in [5.74, 6) is 0.0225. The highest BCUT2D eigenvalue weighted by Gasteiger charge is 2.49. The molecule has 2 aromatic rings. The van der Waals surface area contributed by atoms with Crippen LogP contribution in [0.25, 0.3) is 0 Å².